The SMILES string of the molecule is CC(=O)O[C@@]12CO[C@@H]1C[C@H](O)C1(C)C(=O)[C@H](OC(=O)NCCCn3c(=O)c(C)cn([C@@H]4CC(O)[C@H](CO)O4)c3=O)C3=C(C)[C@@H](OC(=O)[C@H](O)[C@@H](NC(=O)c4ccccc4)c4ccccc4)C[C@@](O)([C@@H](OC(=O)c4ccccc4)[C@@H]12)C3(C)C. The molecule has 2 unspecified atom stereocenters. The molecule has 7 N–H and O–H groups in total. The van der Waals surface area contributed by atoms with Gasteiger partial charge in [0.25, 0.3) is 11.5 Å². The Morgan fingerprint density at radius 1 is 0.854 bits per heavy atom. The summed E-state index contributed by atoms with van der Waals surface area (Å²) in [5.74, 6) is -6.52. The summed E-state index contributed by atoms with van der Waals surface area (Å²) in [5, 5.41) is 63.8. The molecule has 2 amide bonds. The number of ether oxygens (including phenoxy) is 6. The number of aromatic nitrogens is 2. The number of nitrogens with zero attached hydrogens (tertiary/aromatic N) is 2. The number of hydrogen-bond donors (Lipinski definition) is 7. The van der Waals surface area contributed by atoms with E-state index in [1.807, 2.05) is 0 Å². The van der Waals surface area contributed by atoms with Crippen molar-refractivity contribution in [3.05, 3.63) is 151 Å². The molecular weight excluding hydrogens is 1070 g/mol. The van der Waals surface area contributed by atoms with Crippen LogP contribution in [0.3, 0.4) is 0 Å². The zero-order chi connectivity index (χ0) is 59.2. The van der Waals surface area contributed by atoms with E-state index in [4.69, 9.17) is 28.4 Å². The number of alkyl carbamates (subject to hydrolysis) is 1. The van der Waals surface area contributed by atoms with Crippen LogP contribution < -0.4 is 21.9 Å². The molecule has 0 radical (unpaired) electrons. The Labute approximate surface area is 470 Å². The van der Waals surface area contributed by atoms with Gasteiger partial charge in [-0.2, -0.15) is 0 Å². The fourth-order valence-electron chi connectivity index (χ4n) is 12.8. The van der Waals surface area contributed by atoms with E-state index in [2.05, 4.69) is 10.6 Å². The van der Waals surface area contributed by atoms with E-state index in [1.165, 1.54) is 65.1 Å². The molecule has 2 saturated carbocycles. The molecule has 3 heterocycles. The van der Waals surface area contributed by atoms with Crippen LogP contribution in [0.1, 0.15) is 104 Å². The Morgan fingerprint density at radius 3 is 2.09 bits per heavy atom. The smallest absolute Gasteiger partial charge is 0.408 e. The van der Waals surface area contributed by atoms with Gasteiger partial charge in [-0.25, -0.2) is 19.2 Å². The lowest BCUT2D eigenvalue weighted by Gasteiger charge is -2.67. The van der Waals surface area contributed by atoms with Crippen LogP contribution in [-0.2, 0) is 49.3 Å². The highest BCUT2D eigenvalue weighted by molar-refractivity contribution is 5.96. The Kier molecular flexibility index (Phi) is 16.7. The summed E-state index contributed by atoms with van der Waals surface area (Å²) in [6.07, 6.45) is -14.7. The molecule has 23 heteroatoms. The lowest BCUT2D eigenvalue weighted by Crippen LogP contribution is -2.82. The molecule has 4 fully saturated rings. The number of rotatable bonds is 16. The maximum atomic E-state index is 16.2. The van der Waals surface area contributed by atoms with Gasteiger partial charge in [-0.3, -0.25) is 28.3 Å². The number of esters is 3. The molecule has 9 rings (SSSR count). The number of carbonyl (C=O) groups excluding carboxylic acids is 6. The summed E-state index contributed by atoms with van der Waals surface area (Å²) >= 11 is 0. The quantitative estimate of drug-likeness (QED) is 0.0366. The minimum atomic E-state index is -2.55. The van der Waals surface area contributed by atoms with Crippen molar-refractivity contribution in [1.82, 2.24) is 19.8 Å². The first-order valence-corrected chi connectivity index (χ1v) is 27.1. The molecule has 23 nitrogen and oxygen atoms in total. The maximum absolute atomic E-state index is 16.2. The summed E-state index contributed by atoms with van der Waals surface area (Å²) < 4.78 is 38.7. The molecule has 1 aromatic heterocycles. The number of benzene rings is 3. The number of aliphatic hydroxyl groups is 5. The number of aryl methyl sites for hydroxylation is 1. The monoisotopic (exact) mass is 1140 g/mol. The third-order valence-electron chi connectivity index (χ3n) is 17.3. The van der Waals surface area contributed by atoms with Gasteiger partial charge in [0.15, 0.2) is 23.6 Å². The largest absolute Gasteiger partial charge is 0.456 e. The summed E-state index contributed by atoms with van der Waals surface area (Å²) in [7, 11) is 0. The highest BCUT2D eigenvalue weighted by Crippen LogP contribution is 2.64. The highest BCUT2D eigenvalue weighted by Gasteiger charge is 2.78. The average molecular weight is 1140 g/mol. The molecule has 2 bridgehead atoms. The zero-order valence-corrected chi connectivity index (χ0v) is 46.1. The normalized spacial score (nSPS) is 30.6. The molecule has 3 aromatic carbocycles. The first-order valence-electron chi connectivity index (χ1n) is 27.1. The molecule has 4 aromatic rings. The van der Waals surface area contributed by atoms with Crippen molar-refractivity contribution >= 4 is 35.7 Å². The second-order valence-electron chi connectivity index (χ2n) is 22.5. The van der Waals surface area contributed by atoms with E-state index in [1.54, 1.807) is 66.7 Å². The standard InChI is InChI=1S/C59H68N4O19/c1-31-28-63(42-25-37(66)39(29-64)78-42)55(75)62(51(31)71)24-16-23-60-54(74)80-46-43-32(2)38(79-53(73)45(68)44(34-17-10-7-11-18-34)61-50(70)35-19-12-8-13-20-35)27-59(76,56(43,4)5)49(81-52(72)36-21-14-9-15-22-36)47-57(6,48(46)69)40(67)26-41-58(47,30-77-41)82-33(3)65/h7-15,17-22,28,37-42,44-47,49,64,66-68,76H,16,23-27,29-30H2,1-6H3,(H,60,74)(H,61,70)/t37?,38-,39-,40-,41+,42-,44-,45+,46+,47-,49-,57?,58-,59+/m0/s1. The minimum Gasteiger partial charge on any atom is -0.456 e. The van der Waals surface area contributed by atoms with Crippen LogP contribution in [0, 0.1) is 23.7 Å². The van der Waals surface area contributed by atoms with Crippen molar-refractivity contribution < 1.29 is 82.7 Å². The summed E-state index contributed by atoms with van der Waals surface area (Å²) in [5.41, 5.74) is -9.39. The Balaban J connectivity index is 1.11. The van der Waals surface area contributed by atoms with E-state index in [9.17, 15) is 59.1 Å². The molecular formula is C59H68N4O19. The number of hydrogen-bond acceptors (Lipinski definition) is 19. The molecule has 3 aliphatic carbocycles. The number of nitrogens with one attached hydrogen (secondary N) is 2. The van der Waals surface area contributed by atoms with Crippen LogP contribution in [0.5, 0.6) is 0 Å². The van der Waals surface area contributed by atoms with Gasteiger partial charge in [0, 0.05) is 62.0 Å². The van der Waals surface area contributed by atoms with Crippen molar-refractivity contribution in [3.63, 3.8) is 0 Å². The van der Waals surface area contributed by atoms with Crippen molar-refractivity contribution in [2.75, 3.05) is 19.8 Å². The summed E-state index contributed by atoms with van der Waals surface area (Å²) in [6, 6.07) is 22.4. The Hall–Kier alpha value is -7.38. The van der Waals surface area contributed by atoms with E-state index >= 15 is 4.79 Å². The van der Waals surface area contributed by atoms with Gasteiger partial charge in [0.05, 0.1) is 48.4 Å². The second-order valence-corrected chi connectivity index (χ2v) is 22.5. The van der Waals surface area contributed by atoms with E-state index in [0.29, 0.717) is 5.56 Å². The van der Waals surface area contributed by atoms with Gasteiger partial charge >= 0.3 is 29.7 Å². The maximum Gasteiger partial charge on any atom is 0.408 e. The molecule has 2 saturated heterocycles. The number of carbonyl (C=O) groups is 6. The van der Waals surface area contributed by atoms with E-state index < -0.39 is 156 Å². The second kappa shape index (κ2) is 23.1. The Morgan fingerprint density at radius 2 is 1.49 bits per heavy atom. The molecule has 14 atom stereocenters. The molecule has 2 aliphatic heterocycles. The van der Waals surface area contributed by atoms with Gasteiger partial charge < -0.3 is 64.6 Å². The van der Waals surface area contributed by atoms with Crippen molar-refractivity contribution in [2.24, 2.45) is 16.7 Å². The average Bonchev–Trinajstić information content (AvgIpc) is 0.816. The molecule has 0 spiro atoms. The number of aliphatic hydroxyl groups excluding tert-OH is 4. The first-order chi connectivity index (χ1) is 38.9. The lowest BCUT2D eigenvalue weighted by molar-refractivity contribution is -0.345. The summed E-state index contributed by atoms with van der Waals surface area (Å²) in [6.45, 7) is 6.95. The van der Waals surface area contributed by atoms with Crippen LogP contribution in [-0.4, -0.2) is 150 Å². The predicted molar refractivity (Wildman–Crippen MR) is 286 cm³/mol. The van der Waals surface area contributed by atoms with Crippen molar-refractivity contribution in [2.45, 2.75) is 146 Å². The zero-order valence-electron chi connectivity index (χ0n) is 46.1. The van der Waals surface area contributed by atoms with Crippen molar-refractivity contribution in [3.8, 4) is 0 Å². The van der Waals surface area contributed by atoms with Gasteiger partial charge in [-0.15, -0.1) is 0 Å². The van der Waals surface area contributed by atoms with Gasteiger partial charge in [0.1, 0.15) is 36.2 Å². The van der Waals surface area contributed by atoms with Crippen LogP contribution >= 0.6 is 0 Å². The highest BCUT2D eigenvalue weighted by atomic mass is 16.6. The van der Waals surface area contributed by atoms with Gasteiger partial charge in [-0.1, -0.05) is 80.6 Å². The fourth-order valence-corrected chi connectivity index (χ4v) is 12.8. The molecule has 438 valence electrons. The molecule has 5 aliphatic rings. The van der Waals surface area contributed by atoms with E-state index in [0.717, 1.165) is 16.1 Å². The fraction of sp³-hybridized carbons (Fsp3) is 0.492. The Bertz CT molecular complexity index is 3260. The van der Waals surface area contributed by atoms with Crippen LogP contribution in [0.4, 0.5) is 4.79 Å². The number of fused-ring (bicyclic) bond motifs is 5. The van der Waals surface area contributed by atoms with Crippen LogP contribution in [0.15, 0.2) is 118 Å². The van der Waals surface area contributed by atoms with E-state index in [-0.39, 0.29) is 60.2 Å². The number of Topliss-reactive ketones (excluding diaryl/α,β-unsaturated/α-hetero) is 1. The third-order valence-corrected chi connectivity index (χ3v) is 17.3. The summed E-state index contributed by atoms with van der Waals surface area (Å²) in [4.78, 5) is 114. The van der Waals surface area contributed by atoms with Gasteiger partial charge in [-0.05, 0) is 68.2 Å². The predicted octanol–water partition coefficient (Wildman–Crippen LogP) is 2.26. The number of amides is 2. The van der Waals surface area contributed by atoms with Crippen LogP contribution in [0.2, 0.25) is 0 Å². The lowest BCUT2D eigenvalue weighted by atomic mass is 9.44. The van der Waals surface area contributed by atoms with Gasteiger partial charge in [0.2, 0.25) is 0 Å². The minimum absolute atomic E-state index is 0.00587. The number of ketones is 1. The van der Waals surface area contributed by atoms with Crippen molar-refractivity contribution in [1.29, 1.82) is 0 Å². The van der Waals surface area contributed by atoms with Crippen LogP contribution in [0.25, 0.3) is 0 Å². The third kappa shape index (κ3) is 10.5. The topological polar surface area (TPSA) is 327 Å². The molecule has 82 heavy (non-hydrogen) atoms. The first kappa shape index (κ1) is 59.2.